The summed E-state index contributed by atoms with van der Waals surface area (Å²) in [6, 6.07) is 6.77. The van der Waals surface area contributed by atoms with Crippen LogP contribution >= 0.6 is 15.9 Å². The van der Waals surface area contributed by atoms with Gasteiger partial charge in [0.05, 0.1) is 18.7 Å². The average molecular weight is 344 g/mol. The van der Waals surface area contributed by atoms with Gasteiger partial charge in [-0.15, -0.1) is 0 Å². The number of primary amides is 1. The zero-order chi connectivity index (χ0) is 15.1. The van der Waals surface area contributed by atoms with Crippen molar-refractivity contribution < 1.29 is 19.5 Å². The lowest BCUT2D eigenvalue weighted by atomic mass is 10.2. The molecule has 3 amide bonds. The van der Waals surface area contributed by atoms with E-state index in [-0.39, 0.29) is 13.1 Å². The third kappa shape index (κ3) is 4.98. The number of rotatable bonds is 6. The topological polar surface area (TPSA) is 122 Å². The summed E-state index contributed by atoms with van der Waals surface area (Å²) in [7, 11) is 0. The van der Waals surface area contributed by atoms with Crippen molar-refractivity contribution in [3.8, 4) is 0 Å². The molecule has 108 valence electrons. The van der Waals surface area contributed by atoms with E-state index >= 15 is 0 Å². The first kappa shape index (κ1) is 16.1. The maximum atomic E-state index is 11.8. The predicted octanol–water partition coefficient (Wildman–Crippen LogP) is -0.859. The number of nitrogens with two attached hydrogens (primary N) is 1. The standard InChI is InChI=1S/C12H14BrN3O4/c13-8-4-2-1-3-7(8)12(20)16-6-10(18)15-5-9(17)11(14)19/h1-4,9,17H,5-6H2,(H2,14,19)(H,15,18)(H,16,20). The molecule has 0 saturated heterocycles. The molecule has 0 aliphatic carbocycles. The molecule has 7 nitrogen and oxygen atoms in total. The van der Waals surface area contributed by atoms with Crippen molar-refractivity contribution in [2.24, 2.45) is 5.73 Å². The molecule has 0 heterocycles. The maximum Gasteiger partial charge on any atom is 0.252 e. The van der Waals surface area contributed by atoms with E-state index in [9.17, 15) is 14.4 Å². The number of amides is 3. The molecule has 0 aliphatic heterocycles. The molecule has 8 heteroatoms. The fraction of sp³-hybridized carbons (Fsp3) is 0.250. The molecule has 5 N–H and O–H groups in total. The number of nitrogens with one attached hydrogen (secondary N) is 2. The Balaban J connectivity index is 2.40. The van der Waals surface area contributed by atoms with Gasteiger partial charge in [0.2, 0.25) is 11.8 Å². The largest absolute Gasteiger partial charge is 0.381 e. The van der Waals surface area contributed by atoms with Crippen molar-refractivity contribution in [1.29, 1.82) is 0 Å². The van der Waals surface area contributed by atoms with Gasteiger partial charge in [-0.25, -0.2) is 0 Å². The lowest BCUT2D eigenvalue weighted by Crippen LogP contribution is -2.43. The van der Waals surface area contributed by atoms with Crippen LogP contribution in [-0.2, 0) is 9.59 Å². The lowest BCUT2D eigenvalue weighted by molar-refractivity contribution is -0.126. The third-order valence-electron chi connectivity index (χ3n) is 2.35. The summed E-state index contributed by atoms with van der Waals surface area (Å²) in [6.07, 6.45) is -1.45. The Bertz CT molecular complexity index is 521. The van der Waals surface area contributed by atoms with Crippen molar-refractivity contribution in [2.75, 3.05) is 13.1 Å². The fourth-order valence-corrected chi connectivity index (χ4v) is 1.74. The van der Waals surface area contributed by atoms with Crippen LogP contribution < -0.4 is 16.4 Å². The second-order valence-electron chi connectivity index (χ2n) is 3.88. The molecule has 1 atom stereocenters. The zero-order valence-corrected chi connectivity index (χ0v) is 12.0. The normalized spacial score (nSPS) is 11.5. The van der Waals surface area contributed by atoms with Crippen LogP contribution in [0.25, 0.3) is 0 Å². The molecule has 0 aliphatic rings. The van der Waals surface area contributed by atoms with E-state index in [1.54, 1.807) is 24.3 Å². The Morgan fingerprint density at radius 3 is 2.50 bits per heavy atom. The van der Waals surface area contributed by atoms with E-state index in [2.05, 4.69) is 26.6 Å². The predicted molar refractivity (Wildman–Crippen MR) is 74.7 cm³/mol. The summed E-state index contributed by atoms with van der Waals surface area (Å²) < 4.78 is 0.613. The van der Waals surface area contributed by atoms with Crippen LogP contribution in [0.5, 0.6) is 0 Å². The monoisotopic (exact) mass is 343 g/mol. The average Bonchev–Trinajstić information content (AvgIpc) is 2.42. The van der Waals surface area contributed by atoms with E-state index in [0.29, 0.717) is 10.0 Å². The van der Waals surface area contributed by atoms with Crippen molar-refractivity contribution >= 4 is 33.7 Å². The number of hydrogen-bond donors (Lipinski definition) is 4. The van der Waals surface area contributed by atoms with Gasteiger partial charge in [-0.3, -0.25) is 14.4 Å². The highest BCUT2D eigenvalue weighted by molar-refractivity contribution is 9.10. The minimum absolute atomic E-state index is 0.272. The highest BCUT2D eigenvalue weighted by Crippen LogP contribution is 2.15. The molecule has 0 aromatic heterocycles. The van der Waals surface area contributed by atoms with Crippen LogP contribution in [-0.4, -0.2) is 42.0 Å². The van der Waals surface area contributed by atoms with Crippen LogP contribution in [0.4, 0.5) is 0 Å². The smallest absolute Gasteiger partial charge is 0.252 e. The first-order chi connectivity index (χ1) is 9.41. The van der Waals surface area contributed by atoms with Gasteiger partial charge in [0.1, 0.15) is 6.10 Å². The first-order valence-corrected chi connectivity index (χ1v) is 6.48. The van der Waals surface area contributed by atoms with E-state index in [4.69, 9.17) is 10.8 Å². The number of carbonyl (C=O) groups is 3. The molecule has 0 saturated carbocycles. The van der Waals surface area contributed by atoms with Crippen LogP contribution in [0, 0.1) is 0 Å². The highest BCUT2D eigenvalue weighted by atomic mass is 79.9. The summed E-state index contributed by atoms with van der Waals surface area (Å²) in [6.45, 7) is -0.565. The van der Waals surface area contributed by atoms with Gasteiger partial charge < -0.3 is 21.5 Å². The second kappa shape index (κ2) is 7.61. The van der Waals surface area contributed by atoms with Crippen LogP contribution in [0.3, 0.4) is 0 Å². The SMILES string of the molecule is NC(=O)C(O)CNC(=O)CNC(=O)c1ccccc1Br. The molecular weight excluding hydrogens is 330 g/mol. The molecule has 1 aromatic carbocycles. The zero-order valence-electron chi connectivity index (χ0n) is 10.4. The Kier molecular flexibility index (Phi) is 6.13. The highest BCUT2D eigenvalue weighted by Gasteiger charge is 2.13. The molecule has 0 radical (unpaired) electrons. The maximum absolute atomic E-state index is 11.8. The number of benzene rings is 1. The molecule has 0 spiro atoms. The molecule has 1 unspecified atom stereocenters. The van der Waals surface area contributed by atoms with Gasteiger partial charge in [0.25, 0.3) is 5.91 Å². The summed E-state index contributed by atoms with van der Waals surface area (Å²) in [4.78, 5) is 33.7. The summed E-state index contributed by atoms with van der Waals surface area (Å²) in [5.41, 5.74) is 5.22. The second-order valence-corrected chi connectivity index (χ2v) is 4.74. The van der Waals surface area contributed by atoms with Gasteiger partial charge >= 0.3 is 0 Å². The van der Waals surface area contributed by atoms with Gasteiger partial charge in [-0.1, -0.05) is 12.1 Å². The molecule has 1 rings (SSSR count). The fourth-order valence-electron chi connectivity index (χ4n) is 1.27. The van der Waals surface area contributed by atoms with Gasteiger partial charge in [-0.05, 0) is 28.1 Å². The Morgan fingerprint density at radius 1 is 1.25 bits per heavy atom. The molecule has 1 aromatic rings. The molecular formula is C12H14BrN3O4. The quantitative estimate of drug-likeness (QED) is 0.537. The van der Waals surface area contributed by atoms with Crippen molar-refractivity contribution in [3.05, 3.63) is 34.3 Å². The Hall–Kier alpha value is -1.93. The van der Waals surface area contributed by atoms with E-state index in [1.807, 2.05) is 0 Å². The summed E-state index contributed by atoms with van der Waals surface area (Å²) in [5, 5.41) is 13.8. The Labute approximate surface area is 123 Å². The number of aliphatic hydroxyl groups is 1. The minimum Gasteiger partial charge on any atom is -0.381 e. The number of carbonyl (C=O) groups excluding carboxylic acids is 3. The van der Waals surface area contributed by atoms with E-state index in [1.165, 1.54) is 0 Å². The van der Waals surface area contributed by atoms with Crippen LogP contribution in [0.15, 0.2) is 28.7 Å². The third-order valence-corrected chi connectivity index (χ3v) is 3.04. The van der Waals surface area contributed by atoms with Crippen LogP contribution in [0.2, 0.25) is 0 Å². The van der Waals surface area contributed by atoms with Crippen molar-refractivity contribution in [2.45, 2.75) is 6.10 Å². The van der Waals surface area contributed by atoms with Gasteiger partial charge in [0, 0.05) is 4.47 Å². The van der Waals surface area contributed by atoms with Crippen LogP contribution in [0.1, 0.15) is 10.4 Å². The lowest BCUT2D eigenvalue weighted by Gasteiger charge is -2.09. The molecule has 0 fully saturated rings. The van der Waals surface area contributed by atoms with E-state index in [0.717, 1.165) is 0 Å². The number of halogens is 1. The van der Waals surface area contributed by atoms with Crippen molar-refractivity contribution in [1.82, 2.24) is 10.6 Å². The number of aliphatic hydroxyl groups excluding tert-OH is 1. The first-order valence-electron chi connectivity index (χ1n) is 5.68. The number of hydrogen-bond acceptors (Lipinski definition) is 4. The minimum atomic E-state index is -1.45. The van der Waals surface area contributed by atoms with E-state index < -0.39 is 23.8 Å². The molecule has 0 bridgehead atoms. The Morgan fingerprint density at radius 2 is 1.90 bits per heavy atom. The summed E-state index contributed by atoms with van der Waals surface area (Å²) >= 11 is 3.22. The summed E-state index contributed by atoms with van der Waals surface area (Å²) in [5.74, 6) is -1.88. The van der Waals surface area contributed by atoms with Gasteiger partial charge in [0.15, 0.2) is 0 Å². The molecule has 20 heavy (non-hydrogen) atoms. The van der Waals surface area contributed by atoms with Crippen molar-refractivity contribution in [3.63, 3.8) is 0 Å². The van der Waals surface area contributed by atoms with Gasteiger partial charge in [-0.2, -0.15) is 0 Å².